The fourth-order valence-electron chi connectivity index (χ4n) is 1.79. The molecule has 1 aliphatic rings. The molecule has 0 heterocycles. The number of rotatable bonds is 2. The highest BCUT2D eigenvalue weighted by Gasteiger charge is 2.47. The molecule has 1 saturated carbocycles. The van der Waals surface area contributed by atoms with Crippen molar-refractivity contribution in [2.45, 2.75) is 32.4 Å². The quantitative estimate of drug-likeness (QED) is 0.811. The van der Waals surface area contributed by atoms with Crippen molar-refractivity contribution in [2.24, 2.45) is 11.1 Å². The first-order valence-corrected chi connectivity index (χ1v) is 5.18. The highest BCUT2D eigenvalue weighted by Crippen LogP contribution is 2.41. The van der Waals surface area contributed by atoms with Gasteiger partial charge >= 0.3 is 0 Å². The zero-order valence-corrected chi connectivity index (χ0v) is 9.03. The normalized spacial score (nSPS) is 28.3. The molecule has 2 atom stereocenters. The standard InChI is InChI=1S/C12H16FNO/c1-12(2)10(14)7-11(12)15-9-5-3-8(13)4-6-9/h3-6,10-11H,7,14H2,1-2H3. The monoisotopic (exact) mass is 209 g/mol. The Morgan fingerprint density at radius 2 is 1.93 bits per heavy atom. The molecule has 0 aromatic heterocycles. The largest absolute Gasteiger partial charge is 0.490 e. The zero-order chi connectivity index (χ0) is 11.1. The van der Waals surface area contributed by atoms with Gasteiger partial charge in [-0.25, -0.2) is 4.39 Å². The maximum atomic E-state index is 12.7. The van der Waals surface area contributed by atoms with Gasteiger partial charge in [-0.1, -0.05) is 13.8 Å². The first kappa shape index (κ1) is 10.4. The van der Waals surface area contributed by atoms with Crippen LogP contribution in [0, 0.1) is 11.2 Å². The molecule has 1 aromatic carbocycles. The molecule has 2 unspecified atom stereocenters. The van der Waals surface area contributed by atoms with E-state index in [0.29, 0.717) is 5.75 Å². The maximum Gasteiger partial charge on any atom is 0.123 e. The summed E-state index contributed by atoms with van der Waals surface area (Å²) in [5.41, 5.74) is 5.89. The highest BCUT2D eigenvalue weighted by atomic mass is 19.1. The van der Waals surface area contributed by atoms with Gasteiger partial charge in [-0.15, -0.1) is 0 Å². The summed E-state index contributed by atoms with van der Waals surface area (Å²) >= 11 is 0. The third kappa shape index (κ3) is 1.84. The maximum absolute atomic E-state index is 12.7. The fourth-order valence-corrected chi connectivity index (χ4v) is 1.79. The van der Waals surface area contributed by atoms with E-state index >= 15 is 0 Å². The Labute approximate surface area is 89.2 Å². The summed E-state index contributed by atoms with van der Waals surface area (Å²) in [6, 6.07) is 6.30. The predicted octanol–water partition coefficient (Wildman–Crippen LogP) is 2.33. The number of hydrogen-bond donors (Lipinski definition) is 1. The summed E-state index contributed by atoms with van der Waals surface area (Å²) < 4.78 is 18.4. The lowest BCUT2D eigenvalue weighted by atomic mass is 9.65. The lowest BCUT2D eigenvalue weighted by molar-refractivity contribution is -0.0400. The van der Waals surface area contributed by atoms with Gasteiger partial charge in [0, 0.05) is 17.9 Å². The SMILES string of the molecule is CC1(C)C(N)CC1Oc1ccc(F)cc1. The van der Waals surface area contributed by atoms with Gasteiger partial charge in [0.1, 0.15) is 17.7 Å². The highest BCUT2D eigenvalue weighted by molar-refractivity contribution is 5.23. The molecule has 2 N–H and O–H groups in total. The van der Waals surface area contributed by atoms with Crippen LogP contribution in [0.1, 0.15) is 20.3 Å². The molecule has 82 valence electrons. The van der Waals surface area contributed by atoms with E-state index in [1.165, 1.54) is 12.1 Å². The molecular weight excluding hydrogens is 193 g/mol. The molecular formula is C12H16FNO. The second-order valence-electron chi connectivity index (χ2n) is 4.72. The van der Waals surface area contributed by atoms with Crippen LogP contribution in [0.4, 0.5) is 4.39 Å². The number of ether oxygens (including phenoxy) is 1. The van der Waals surface area contributed by atoms with E-state index in [1.807, 2.05) is 0 Å². The number of nitrogens with two attached hydrogens (primary N) is 1. The van der Waals surface area contributed by atoms with E-state index in [-0.39, 0.29) is 23.4 Å². The summed E-state index contributed by atoms with van der Waals surface area (Å²) in [6.07, 6.45) is 1.00. The molecule has 2 rings (SSSR count). The van der Waals surface area contributed by atoms with Crippen molar-refractivity contribution in [2.75, 3.05) is 0 Å². The van der Waals surface area contributed by atoms with Crippen molar-refractivity contribution in [3.05, 3.63) is 30.1 Å². The van der Waals surface area contributed by atoms with Crippen LogP contribution < -0.4 is 10.5 Å². The molecule has 0 amide bonds. The summed E-state index contributed by atoms with van der Waals surface area (Å²) in [7, 11) is 0. The summed E-state index contributed by atoms with van der Waals surface area (Å²) in [4.78, 5) is 0. The van der Waals surface area contributed by atoms with Gasteiger partial charge in [0.2, 0.25) is 0 Å². The van der Waals surface area contributed by atoms with Crippen LogP contribution >= 0.6 is 0 Å². The minimum Gasteiger partial charge on any atom is -0.490 e. The smallest absolute Gasteiger partial charge is 0.123 e. The number of halogens is 1. The van der Waals surface area contributed by atoms with Crippen LogP contribution in [-0.4, -0.2) is 12.1 Å². The molecule has 0 radical (unpaired) electrons. The molecule has 1 aliphatic carbocycles. The second-order valence-corrected chi connectivity index (χ2v) is 4.72. The van der Waals surface area contributed by atoms with Crippen LogP contribution in [0.15, 0.2) is 24.3 Å². The Hall–Kier alpha value is -1.09. The van der Waals surface area contributed by atoms with E-state index in [1.54, 1.807) is 12.1 Å². The third-order valence-electron chi connectivity index (χ3n) is 3.35. The van der Waals surface area contributed by atoms with E-state index in [4.69, 9.17) is 10.5 Å². The first-order valence-electron chi connectivity index (χ1n) is 5.18. The van der Waals surface area contributed by atoms with Gasteiger partial charge in [0.15, 0.2) is 0 Å². The molecule has 1 aromatic rings. The van der Waals surface area contributed by atoms with Crippen molar-refractivity contribution in [3.63, 3.8) is 0 Å². The first-order chi connectivity index (χ1) is 7.00. The number of benzene rings is 1. The average Bonchev–Trinajstić information content (AvgIpc) is 2.21. The van der Waals surface area contributed by atoms with Gasteiger partial charge in [0.05, 0.1) is 0 Å². The molecule has 2 nitrogen and oxygen atoms in total. The van der Waals surface area contributed by atoms with Crippen LogP contribution in [0.25, 0.3) is 0 Å². The van der Waals surface area contributed by atoms with Gasteiger partial charge < -0.3 is 10.5 Å². The lowest BCUT2D eigenvalue weighted by Gasteiger charge is -2.49. The predicted molar refractivity (Wildman–Crippen MR) is 57.2 cm³/mol. The van der Waals surface area contributed by atoms with Gasteiger partial charge in [0.25, 0.3) is 0 Å². The lowest BCUT2D eigenvalue weighted by Crippen LogP contribution is -2.60. The Morgan fingerprint density at radius 1 is 1.33 bits per heavy atom. The van der Waals surface area contributed by atoms with Crippen molar-refractivity contribution in [3.8, 4) is 5.75 Å². The summed E-state index contributed by atoms with van der Waals surface area (Å²) in [5.74, 6) is 0.466. The Bertz CT molecular complexity index is 347. The number of hydrogen-bond acceptors (Lipinski definition) is 2. The molecule has 15 heavy (non-hydrogen) atoms. The minimum atomic E-state index is -0.244. The van der Waals surface area contributed by atoms with Crippen molar-refractivity contribution >= 4 is 0 Å². The molecule has 1 fully saturated rings. The van der Waals surface area contributed by atoms with E-state index < -0.39 is 0 Å². The molecule has 0 spiro atoms. The van der Waals surface area contributed by atoms with E-state index in [2.05, 4.69) is 13.8 Å². The van der Waals surface area contributed by atoms with Crippen molar-refractivity contribution in [1.29, 1.82) is 0 Å². The van der Waals surface area contributed by atoms with Crippen molar-refractivity contribution < 1.29 is 9.13 Å². The topological polar surface area (TPSA) is 35.2 Å². The minimum absolute atomic E-state index is 0.00832. The molecule has 0 aliphatic heterocycles. The Balaban J connectivity index is 2.02. The van der Waals surface area contributed by atoms with Crippen LogP contribution in [0.2, 0.25) is 0 Å². The molecule has 3 heteroatoms. The van der Waals surface area contributed by atoms with Gasteiger partial charge in [-0.2, -0.15) is 0 Å². The van der Waals surface area contributed by atoms with E-state index in [0.717, 1.165) is 6.42 Å². The van der Waals surface area contributed by atoms with Crippen LogP contribution in [0.3, 0.4) is 0 Å². The van der Waals surface area contributed by atoms with Crippen LogP contribution in [-0.2, 0) is 0 Å². The summed E-state index contributed by atoms with van der Waals surface area (Å²) in [6.45, 7) is 4.19. The van der Waals surface area contributed by atoms with Crippen LogP contribution in [0.5, 0.6) is 5.75 Å². The second kappa shape index (κ2) is 3.49. The zero-order valence-electron chi connectivity index (χ0n) is 9.03. The summed E-state index contributed by atoms with van der Waals surface area (Å²) in [5, 5.41) is 0. The molecule has 0 saturated heterocycles. The Morgan fingerprint density at radius 3 is 2.40 bits per heavy atom. The van der Waals surface area contributed by atoms with E-state index in [9.17, 15) is 4.39 Å². The Kier molecular flexibility index (Phi) is 2.43. The third-order valence-corrected chi connectivity index (χ3v) is 3.35. The molecule has 0 bridgehead atoms. The van der Waals surface area contributed by atoms with Gasteiger partial charge in [-0.3, -0.25) is 0 Å². The average molecular weight is 209 g/mol. The fraction of sp³-hybridized carbons (Fsp3) is 0.500. The van der Waals surface area contributed by atoms with Gasteiger partial charge in [-0.05, 0) is 24.3 Å². The van der Waals surface area contributed by atoms with Crippen molar-refractivity contribution in [1.82, 2.24) is 0 Å².